The number of carbonyl (C=O) groups excluding carboxylic acids is 1. The molecule has 0 atom stereocenters. The van der Waals surface area contributed by atoms with Crippen molar-refractivity contribution in [1.29, 1.82) is 5.26 Å². The van der Waals surface area contributed by atoms with Gasteiger partial charge in [0.2, 0.25) is 15.0 Å². The van der Waals surface area contributed by atoms with Gasteiger partial charge in [-0.3, -0.25) is 4.79 Å². The minimum absolute atomic E-state index is 0. The van der Waals surface area contributed by atoms with E-state index in [0.717, 1.165) is 58.4 Å². The molecule has 0 amide bonds. The van der Waals surface area contributed by atoms with Crippen molar-refractivity contribution in [1.82, 2.24) is 29.9 Å². The van der Waals surface area contributed by atoms with Gasteiger partial charge in [-0.15, -0.1) is 0 Å². The Bertz CT molecular complexity index is 3810. The molecule has 0 aliphatic heterocycles. The van der Waals surface area contributed by atoms with Gasteiger partial charge in [-0.2, -0.15) is 44.8 Å². The van der Waals surface area contributed by atoms with Gasteiger partial charge in [-0.05, 0) is 83.8 Å². The molecule has 0 saturated carbocycles. The minimum Gasteiger partial charge on any atom is -1.00 e. The average Bonchev–Trinajstić information content (AvgIpc) is 0.924. The number of aromatic nitrogens is 6. The molecule has 0 fully saturated rings. The number of sulfone groups is 1. The summed E-state index contributed by atoms with van der Waals surface area (Å²) < 4.78 is 152. The van der Waals surface area contributed by atoms with Crippen LogP contribution in [0.2, 0.25) is 0 Å². The molecule has 0 saturated heterocycles. The number of aromatic hydroxyl groups is 1. The molecule has 90 heavy (non-hydrogen) atoms. The zero-order valence-corrected chi connectivity index (χ0v) is 65.1. The van der Waals surface area contributed by atoms with E-state index in [1.807, 2.05) is 78.9 Å². The van der Waals surface area contributed by atoms with Gasteiger partial charge in [0.15, 0.2) is 10.3 Å². The van der Waals surface area contributed by atoms with Crippen molar-refractivity contribution in [3.05, 3.63) is 216 Å². The van der Waals surface area contributed by atoms with Gasteiger partial charge in [-0.25, -0.2) is 38.3 Å². The van der Waals surface area contributed by atoms with Gasteiger partial charge < -0.3 is 26.2 Å². The number of carbonyl (C=O) groups is 1. The molecule has 0 aliphatic rings. The summed E-state index contributed by atoms with van der Waals surface area (Å²) in [4.78, 5) is 33.4. The molecule has 464 valence electrons. The standard InChI is InChI=1S/C19H15F3N2O3S.C19H15F3N2OS.C12H9F3N2OS.C7H7Br.C2H3N.CH2O3.2Cs.H/c1-28(25,26)18-23-16(11-17(24-18)19(20,21)22)14-8-5-9-15(10-14)27-12-13-6-3-2-4-7-13;1-26-18-23-16(11-17(24-18)19(20,21)22)14-8-5-9-15(10-14)25-12-13-6-3-2-4-7-13;1-19-11-16-9(6-10(17-11)12(13,14)15)7-3-2-4-8(18)5-7;8-6-7-4-2-1-3-5-7;1-2-3;2-1-4-3;;;/h2-11H,12H2,1H3;2-11H,12H2,1H3;2-6,18H,1H3;1-5H,6H2;1H3;1,3H;;;/q;;;;;;2*+1;-1/p-1. The maximum atomic E-state index is 13.1. The Kier molecular flexibility index (Phi) is 37.4. The number of nitriles is 1. The van der Waals surface area contributed by atoms with Crippen LogP contribution in [0.3, 0.4) is 0 Å². The van der Waals surface area contributed by atoms with Crippen LogP contribution in [0.1, 0.15) is 42.1 Å². The minimum atomic E-state index is -4.81. The summed E-state index contributed by atoms with van der Waals surface area (Å²) in [6.45, 7) is 1.90. The number of hydrogen-bond acceptors (Lipinski definition) is 17. The molecule has 0 unspecified atom stereocenters. The quantitative estimate of drug-likeness (QED) is 0.0204. The van der Waals surface area contributed by atoms with E-state index in [4.69, 9.17) is 24.8 Å². The monoisotopic (exact) mass is 1610 g/mol. The number of nitrogens with zero attached hydrogens (tertiary/aromatic N) is 7. The number of phenolic OH excluding ortho intramolecular Hbond substituents is 1. The van der Waals surface area contributed by atoms with Crippen molar-refractivity contribution in [2.75, 3.05) is 18.8 Å². The topological polar surface area (TPSA) is 223 Å². The van der Waals surface area contributed by atoms with Crippen LogP contribution in [0.4, 0.5) is 39.5 Å². The number of phenols is 1. The van der Waals surface area contributed by atoms with Gasteiger partial charge >= 0.3 is 156 Å². The molecule has 3 aromatic heterocycles. The van der Waals surface area contributed by atoms with E-state index in [2.05, 4.69) is 62.9 Å². The molecule has 0 radical (unpaired) electrons. The summed E-state index contributed by atoms with van der Waals surface area (Å²) in [7, 11) is -4.03. The maximum Gasteiger partial charge on any atom is 1.00 e. The van der Waals surface area contributed by atoms with E-state index in [1.165, 1.54) is 36.8 Å². The van der Waals surface area contributed by atoms with Crippen molar-refractivity contribution in [3.63, 3.8) is 0 Å². The molecular weight excluding hydrogens is 1560 g/mol. The Morgan fingerprint density at radius 3 is 1.20 bits per heavy atom. The first-order valence-corrected chi connectivity index (χ1v) is 30.3. The van der Waals surface area contributed by atoms with Crippen LogP contribution in [0.15, 0.2) is 197 Å². The Balaban J connectivity index is 0.000000609. The predicted molar refractivity (Wildman–Crippen MR) is 316 cm³/mol. The van der Waals surface area contributed by atoms with Crippen LogP contribution in [0.5, 0.6) is 17.2 Å². The number of thioether (sulfide) groups is 2. The summed E-state index contributed by atoms with van der Waals surface area (Å²) in [6, 6.07) is 52.6. The molecule has 3 heterocycles. The number of rotatable bonds is 14. The Morgan fingerprint density at radius 1 is 0.556 bits per heavy atom. The van der Waals surface area contributed by atoms with Crippen molar-refractivity contribution in [2.45, 2.75) is 59.5 Å². The van der Waals surface area contributed by atoms with Gasteiger partial charge in [0, 0.05) is 35.2 Å². The fraction of sp³-hybridized carbons (Fsp3) is 0.167. The number of halogens is 10. The predicted octanol–water partition coefficient (Wildman–Crippen LogP) is 8.86. The largest absolute Gasteiger partial charge is 1.00 e. The van der Waals surface area contributed by atoms with Crippen molar-refractivity contribution in [2.24, 2.45) is 0 Å². The van der Waals surface area contributed by atoms with E-state index in [1.54, 1.807) is 67.1 Å². The zero-order valence-electron chi connectivity index (χ0n) is 49.5. The normalized spacial score (nSPS) is 10.6. The fourth-order valence-corrected chi connectivity index (χ4v) is 8.37. The molecule has 0 aliphatic carbocycles. The van der Waals surface area contributed by atoms with Crippen LogP contribution in [-0.4, -0.2) is 68.7 Å². The molecule has 15 nitrogen and oxygen atoms in total. The SMILES string of the molecule is BrCc1ccccc1.CC#N.CS(=O)(=O)c1nc(-c2cccc(OCc3ccccc3)c2)cc(C(F)(F)F)n1.CSc1nc(-c2cccc(O)c2)cc(C(F)(F)F)n1.CSc1nc(-c2cccc(OCc3ccccc3)c2)cc(C(F)(F)F)n1.O=CO[O-].[Cs+].[Cs+].[H-]. The van der Waals surface area contributed by atoms with E-state index in [0.29, 0.717) is 35.3 Å². The third-order valence-electron chi connectivity index (χ3n) is 10.6. The molecule has 6 aromatic carbocycles. The smallest absolute Gasteiger partial charge is 1.00 e. The van der Waals surface area contributed by atoms with Crippen molar-refractivity contribution >= 4 is 55.8 Å². The van der Waals surface area contributed by atoms with Gasteiger partial charge in [0.1, 0.15) is 47.5 Å². The first-order valence-electron chi connectivity index (χ1n) is 24.9. The maximum absolute atomic E-state index is 13.1. The summed E-state index contributed by atoms with van der Waals surface area (Å²) >= 11 is 5.45. The summed E-state index contributed by atoms with van der Waals surface area (Å²) in [5.41, 5.74) is 1.38. The van der Waals surface area contributed by atoms with Crippen LogP contribution in [0.25, 0.3) is 33.8 Å². The Labute approximate surface area is 648 Å². The first kappa shape index (κ1) is 81.6. The van der Waals surface area contributed by atoms with Gasteiger partial charge in [0.05, 0.1) is 23.2 Å². The van der Waals surface area contributed by atoms with E-state index < -0.39 is 50.6 Å². The molecule has 0 bridgehead atoms. The summed E-state index contributed by atoms with van der Waals surface area (Å²) in [5, 5.41) is 25.3. The second-order valence-electron chi connectivity index (χ2n) is 17.1. The molecule has 0 spiro atoms. The Hall–Kier alpha value is -4.52. The number of benzene rings is 6. The molecule has 9 rings (SSSR count). The fourth-order valence-electron chi connectivity index (χ4n) is 6.71. The molecule has 30 heteroatoms. The summed E-state index contributed by atoms with van der Waals surface area (Å²) in [5.74, 6) is 0.939. The summed E-state index contributed by atoms with van der Waals surface area (Å²) in [6.07, 6.45) is -9.87. The van der Waals surface area contributed by atoms with E-state index in [9.17, 15) is 53.0 Å². The first-order chi connectivity index (χ1) is 41.7. The van der Waals surface area contributed by atoms with E-state index in [-0.39, 0.29) is 191 Å². The van der Waals surface area contributed by atoms with Crippen molar-refractivity contribution in [3.8, 4) is 57.1 Å². The second kappa shape index (κ2) is 41.2. The molecule has 9 aromatic rings. The number of hydrogen-bond donors (Lipinski definition) is 1. The van der Waals surface area contributed by atoms with Gasteiger partial charge in [0.25, 0.3) is 6.47 Å². The van der Waals surface area contributed by atoms with Crippen LogP contribution >= 0.6 is 39.5 Å². The van der Waals surface area contributed by atoms with Crippen LogP contribution < -0.4 is 153 Å². The third kappa shape index (κ3) is 29.6. The number of ether oxygens (including phenoxy) is 2. The zero-order chi connectivity index (χ0) is 64.9. The molecular formula is C60H51BrCs2F9N7O8S3. The second-order valence-corrected chi connectivity index (χ2v) is 21.1. The average molecular weight is 1610 g/mol. The van der Waals surface area contributed by atoms with Crippen LogP contribution in [0, 0.1) is 11.3 Å². The molecule has 1 N–H and O–H groups in total. The van der Waals surface area contributed by atoms with Crippen LogP contribution in [-0.2, 0) is 56.6 Å². The third-order valence-corrected chi connectivity index (χ3v) is 13.2. The van der Waals surface area contributed by atoms with E-state index >= 15 is 0 Å². The Morgan fingerprint density at radius 2 is 0.889 bits per heavy atom. The number of alkyl halides is 10. The van der Waals surface area contributed by atoms with Crippen molar-refractivity contribution < 1.29 is 217 Å². The van der Waals surface area contributed by atoms with Gasteiger partial charge in [-0.1, -0.05) is 167 Å².